The van der Waals surface area contributed by atoms with Crippen molar-refractivity contribution in [2.24, 2.45) is 7.05 Å². The Balaban J connectivity index is 2.67. The summed E-state index contributed by atoms with van der Waals surface area (Å²) in [7, 11) is 1.62. The number of aromatic nitrogens is 2. The lowest BCUT2D eigenvalue weighted by molar-refractivity contribution is -0.136. The quantitative estimate of drug-likeness (QED) is 0.827. The lowest BCUT2D eigenvalue weighted by Crippen LogP contribution is -2.11. The molecule has 1 aromatic carbocycles. The van der Waals surface area contributed by atoms with Crippen molar-refractivity contribution in [1.82, 2.24) is 9.55 Å². The van der Waals surface area contributed by atoms with Crippen molar-refractivity contribution >= 4 is 28.6 Å². The Morgan fingerprint density at radius 1 is 1.56 bits per heavy atom. The molecule has 1 heterocycles. The van der Waals surface area contributed by atoms with Gasteiger partial charge in [-0.1, -0.05) is 11.6 Å². The topological polar surface area (TPSA) is 75.1 Å². The first-order valence-corrected chi connectivity index (χ1v) is 4.96. The standard InChI is InChI=1S/C10H9ClN2O3/c1-13-8-4-6(11)5(3-9(14)15)2-7(8)12-10(13)16/h2,4H,3H2,1H3,(H,12,16)(H,14,15). The minimum absolute atomic E-state index is 0.161. The zero-order valence-corrected chi connectivity index (χ0v) is 9.21. The Kier molecular flexibility index (Phi) is 2.47. The molecular weight excluding hydrogens is 232 g/mol. The molecule has 0 radical (unpaired) electrons. The second kappa shape index (κ2) is 3.68. The number of rotatable bonds is 2. The number of nitrogens with zero attached hydrogens (tertiary/aromatic N) is 1. The minimum atomic E-state index is -0.959. The lowest BCUT2D eigenvalue weighted by Gasteiger charge is -2.02. The number of aryl methyl sites for hydroxylation is 1. The molecule has 2 rings (SSSR count). The number of carboxylic acids is 1. The van der Waals surface area contributed by atoms with Gasteiger partial charge in [0, 0.05) is 12.1 Å². The van der Waals surface area contributed by atoms with E-state index in [2.05, 4.69) is 4.98 Å². The van der Waals surface area contributed by atoms with Crippen LogP contribution in [0.15, 0.2) is 16.9 Å². The van der Waals surface area contributed by atoms with E-state index in [1.54, 1.807) is 19.2 Å². The van der Waals surface area contributed by atoms with Gasteiger partial charge in [-0.3, -0.25) is 9.36 Å². The van der Waals surface area contributed by atoms with Crippen LogP contribution in [0.2, 0.25) is 5.02 Å². The molecule has 16 heavy (non-hydrogen) atoms. The summed E-state index contributed by atoms with van der Waals surface area (Å²) in [5, 5.41) is 9.04. The number of hydrogen-bond donors (Lipinski definition) is 2. The molecule has 0 spiro atoms. The van der Waals surface area contributed by atoms with Crippen LogP contribution in [0.4, 0.5) is 0 Å². The molecule has 0 fully saturated rings. The zero-order chi connectivity index (χ0) is 11.9. The fourth-order valence-corrected chi connectivity index (χ4v) is 1.82. The number of fused-ring (bicyclic) bond motifs is 1. The van der Waals surface area contributed by atoms with Gasteiger partial charge in [0.1, 0.15) is 0 Å². The van der Waals surface area contributed by atoms with Gasteiger partial charge >= 0.3 is 11.7 Å². The molecule has 0 saturated heterocycles. The molecular formula is C10H9ClN2O3. The number of halogens is 1. The molecule has 0 atom stereocenters. The fraction of sp³-hybridized carbons (Fsp3) is 0.200. The maximum absolute atomic E-state index is 11.3. The third-order valence-corrected chi connectivity index (χ3v) is 2.77. The van der Waals surface area contributed by atoms with Gasteiger partial charge in [-0.15, -0.1) is 0 Å². The number of aliphatic carboxylic acids is 1. The van der Waals surface area contributed by atoms with Gasteiger partial charge in [-0.2, -0.15) is 0 Å². The highest BCUT2D eigenvalue weighted by Crippen LogP contribution is 2.22. The van der Waals surface area contributed by atoms with Crippen LogP contribution in [0.25, 0.3) is 11.0 Å². The van der Waals surface area contributed by atoms with Crippen molar-refractivity contribution in [3.63, 3.8) is 0 Å². The van der Waals surface area contributed by atoms with Gasteiger partial charge in [0.25, 0.3) is 0 Å². The number of H-pyrrole nitrogens is 1. The van der Waals surface area contributed by atoms with Crippen LogP contribution in [0, 0.1) is 0 Å². The maximum atomic E-state index is 11.3. The van der Waals surface area contributed by atoms with Crippen LogP contribution in [0.3, 0.4) is 0 Å². The molecule has 0 saturated carbocycles. The normalized spacial score (nSPS) is 10.9. The van der Waals surface area contributed by atoms with Gasteiger partial charge in [0.15, 0.2) is 0 Å². The monoisotopic (exact) mass is 240 g/mol. The van der Waals surface area contributed by atoms with E-state index in [9.17, 15) is 9.59 Å². The number of benzene rings is 1. The Bertz CT molecular complexity index is 627. The lowest BCUT2D eigenvalue weighted by atomic mass is 10.1. The predicted molar refractivity (Wildman–Crippen MR) is 59.9 cm³/mol. The van der Waals surface area contributed by atoms with Gasteiger partial charge in [-0.25, -0.2) is 4.79 Å². The van der Waals surface area contributed by atoms with Crippen molar-refractivity contribution in [3.05, 3.63) is 33.2 Å². The number of nitrogens with one attached hydrogen (secondary N) is 1. The highest BCUT2D eigenvalue weighted by atomic mass is 35.5. The third-order valence-electron chi connectivity index (χ3n) is 2.41. The summed E-state index contributed by atoms with van der Waals surface area (Å²) in [6.45, 7) is 0. The highest BCUT2D eigenvalue weighted by molar-refractivity contribution is 6.32. The molecule has 2 aromatic rings. The average molecular weight is 241 g/mol. The Hall–Kier alpha value is -1.75. The number of hydrogen-bond acceptors (Lipinski definition) is 2. The molecule has 0 bridgehead atoms. The summed E-state index contributed by atoms with van der Waals surface area (Å²) < 4.78 is 1.42. The summed E-state index contributed by atoms with van der Waals surface area (Å²) in [6.07, 6.45) is -0.161. The smallest absolute Gasteiger partial charge is 0.326 e. The van der Waals surface area contributed by atoms with Gasteiger partial charge in [0.2, 0.25) is 0 Å². The van der Waals surface area contributed by atoms with E-state index in [0.29, 0.717) is 21.6 Å². The van der Waals surface area contributed by atoms with Crippen molar-refractivity contribution in [2.75, 3.05) is 0 Å². The van der Waals surface area contributed by atoms with E-state index in [4.69, 9.17) is 16.7 Å². The zero-order valence-electron chi connectivity index (χ0n) is 8.45. The molecule has 5 nitrogen and oxygen atoms in total. The van der Waals surface area contributed by atoms with Crippen LogP contribution in [-0.2, 0) is 18.3 Å². The Morgan fingerprint density at radius 2 is 2.25 bits per heavy atom. The van der Waals surface area contributed by atoms with Crippen LogP contribution < -0.4 is 5.69 Å². The minimum Gasteiger partial charge on any atom is -0.481 e. The first kappa shape index (κ1) is 10.8. The maximum Gasteiger partial charge on any atom is 0.326 e. The van der Waals surface area contributed by atoms with Crippen LogP contribution >= 0.6 is 11.6 Å². The van der Waals surface area contributed by atoms with E-state index in [0.717, 1.165) is 0 Å². The van der Waals surface area contributed by atoms with Gasteiger partial charge < -0.3 is 10.1 Å². The van der Waals surface area contributed by atoms with Crippen molar-refractivity contribution in [1.29, 1.82) is 0 Å². The largest absolute Gasteiger partial charge is 0.481 e. The molecule has 1 aromatic heterocycles. The Morgan fingerprint density at radius 3 is 2.88 bits per heavy atom. The van der Waals surface area contributed by atoms with Crippen molar-refractivity contribution < 1.29 is 9.90 Å². The van der Waals surface area contributed by atoms with E-state index in [1.807, 2.05) is 0 Å². The number of aromatic amines is 1. The summed E-state index contributed by atoms with van der Waals surface area (Å²) >= 11 is 5.94. The molecule has 0 amide bonds. The molecule has 6 heteroatoms. The third kappa shape index (κ3) is 1.69. The highest BCUT2D eigenvalue weighted by Gasteiger charge is 2.10. The van der Waals surface area contributed by atoms with Crippen molar-refractivity contribution in [3.8, 4) is 0 Å². The molecule has 0 aliphatic heterocycles. The average Bonchev–Trinajstić information content (AvgIpc) is 2.44. The molecule has 0 aliphatic rings. The molecule has 2 N–H and O–H groups in total. The molecule has 0 unspecified atom stereocenters. The number of carboxylic acid groups (broad SMARTS) is 1. The summed E-state index contributed by atoms with van der Waals surface area (Å²) in [4.78, 5) is 24.5. The second-order valence-electron chi connectivity index (χ2n) is 3.52. The number of imidazole rings is 1. The Labute approximate surface area is 95.3 Å². The second-order valence-corrected chi connectivity index (χ2v) is 3.93. The fourth-order valence-electron chi connectivity index (χ4n) is 1.59. The first-order chi connectivity index (χ1) is 7.49. The van der Waals surface area contributed by atoms with Crippen LogP contribution in [0.5, 0.6) is 0 Å². The van der Waals surface area contributed by atoms with E-state index < -0.39 is 5.97 Å². The van der Waals surface area contributed by atoms with Crippen molar-refractivity contribution in [2.45, 2.75) is 6.42 Å². The van der Waals surface area contributed by atoms with Gasteiger partial charge in [-0.05, 0) is 17.7 Å². The first-order valence-electron chi connectivity index (χ1n) is 4.58. The van der Waals surface area contributed by atoms with E-state index in [-0.39, 0.29) is 12.1 Å². The summed E-state index contributed by atoms with van der Waals surface area (Å²) in [6, 6.07) is 3.18. The van der Waals surface area contributed by atoms with E-state index >= 15 is 0 Å². The SMILES string of the molecule is Cn1c(=O)[nH]c2cc(CC(=O)O)c(Cl)cc21. The molecule has 0 aliphatic carbocycles. The summed E-state index contributed by atoms with van der Waals surface area (Å²) in [5.41, 5.74) is 1.49. The number of carbonyl (C=O) groups is 1. The van der Waals surface area contributed by atoms with Gasteiger partial charge in [0.05, 0.1) is 17.5 Å². The van der Waals surface area contributed by atoms with E-state index in [1.165, 1.54) is 4.57 Å². The van der Waals surface area contributed by atoms with Crippen LogP contribution in [-0.4, -0.2) is 20.6 Å². The molecule has 84 valence electrons. The predicted octanol–water partition coefficient (Wildman–Crippen LogP) is 1.15. The van der Waals surface area contributed by atoms with Crippen LogP contribution in [0.1, 0.15) is 5.56 Å². The summed E-state index contributed by atoms with van der Waals surface area (Å²) in [5.74, 6) is -0.959.